The van der Waals surface area contributed by atoms with Crippen LogP contribution in [0.2, 0.25) is 0 Å². The van der Waals surface area contributed by atoms with Crippen molar-refractivity contribution in [2.45, 2.75) is 32.7 Å². The molecule has 2 aromatic heterocycles. The fourth-order valence-corrected chi connectivity index (χ4v) is 2.91. The smallest absolute Gasteiger partial charge is 0.276 e. The van der Waals surface area contributed by atoms with Crippen LogP contribution in [0.25, 0.3) is 0 Å². The third-order valence-electron chi connectivity index (χ3n) is 4.30. The first-order valence-corrected chi connectivity index (χ1v) is 7.78. The van der Waals surface area contributed by atoms with Crippen molar-refractivity contribution in [3.8, 4) is 0 Å². The fourth-order valence-electron chi connectivity index (χ4n) is 2.91. The molecule has 122 valence electrons. The molecule has 1 fully saturated rings. The number of likely N-dealkylation sites (tertiary alicyclic amines) is 1. The van der Waals surface area contributed by atoms with Crippen LogP contribution in [0.1, 0.15) is 34.8 Å². The average Bonchev–Trinajstić information content (AvgIpc) is 3.00. The Morgan fingerprint density at radius 2 is 2.00 bits per heavy atom. The molecule has 0 spiro atoms. The normalized spacial score (nSPS) is 15.7. The summed E-state index contributed by atoms with van der Waals surface area (Å²) in [5.74, 6) is 1.53. The second-order valence-electron chi connectivity index (χ2n) is 5.97. The van der Waals surface area contributed by atoms with Gasteiger partial charge in [-0.05, 0) is 26.7 Å². The zero-order chi connectivity index (χ0) is 16.4. The largest absolute Gasteiger partial charge is 0.361 e. The van der Waals surface area contributed by atoms with E-state index in [4.69, 9.17) is 4.52 Å². The lowest BCUT2D eigenvalue weighted by Crippen LogP contribution is -2.46. The number of carbonyl (C=O) groups excluding carboxylic acids is 1. The second kappa shape index (κ2) is 6.36. The van der Waals surface area contributed by atoms with Gasteiger partial charge in [0.05, 0.1) is 0 Å². The number of hydrogen-bond donors (Lipinski definition) is 0. The molecular formula is C16H21N5O2. The summed E-state index contributed by atoms with van der Waals surface area (Å²) in [4.78, 5) is 24.9. The summed E-state index contributed by atoms with van der Waals surface area (Å²) in [7, 11) is 2.05. The molecule has 0 aromatic carbocycles. The number of rotatable bonds is 3. The summed E-state index contributed by atoms with van der Waals surface area (Å²) < 4.78 is 4.98. The maximum absolute atomic E-state index is 12.4. The zero-order valence-electron chi connectivity index (χ0n) is 13.7. The molecule has 3 rings (SSSR count). The molecular weight excluding hydrogens is 294 g/mol. The first-order chi connectivity index (χ1) is 11.0. The van der Waals surface area contributed by atoms with E-state index in [-0.39, 0.29) is 5.91 Å². The van der Waals surface area contributed by atoms with Crippen molar-refractivity contribution in [3.63, 3.8) is 0 Å². The zero-order valence-corrected chi connectivity index (χ0v) is 13.7. The van der Waals surface area contributed by atoms with E-state index in [1.807, 2.05) is 24.9 Å². The highest BCUT2D eigenvalue weighted by atomic mass is 16.5. The van der Waals surface area contributed by atoms with E-state index >= 15 is 0 Å². The van der Waals surface area contributed by atoms with Crippen molar-refractivity contribution in [2.24, 2.45) is 0 Å². The lowest BCUT2D eigenvalue weighted by atomic mass is 10.0. The van der Waals surface area contributed by atoms with E-state index in [1.54, 1.807) is 19.3 Å². The molecule has 7 nitrogen and oxygen atoms in total. The van der Waals surface area contributed by atoms with Crippen molar-refractivity contribution in [3.05, 3.63) is 35.6 Å². The minimum absolute atomic E-state index is 0.0548. The number of aromatic nitrogens is 3. The number of aryl methyl sites for hydroxylation is 2. The molecule has 7 heteroatoms. The van der Waals surface area contributed by atoms with E-state index < -0.39 is 0 Å². The van der Waals surface area contributed by atoms with Crippen molar-refractivity contribution in [1.82, 2.24) is 20.0 Å². The van der Waals surface area contributed by atoms with E-state index in [2.05, 4.69) is 20.0 Å². The van der Waals surface area contributed by atoms with Crippen LogP contribution in [0.4, 0.5) is 5.82 Å². The Bertz CT molecular complexity index is 691. The first-order valence-electron chi connectivity index (χ1n) is 7.78. The van der Waals surface area contributed by atoms with Gasteiger partial charge in [0.1, 0.15) is 17.9 Å². The number of piperidine rings is 1. The summed E-state index contributed by atoms with van der Waals surface area (Å²) in [6.07, 6.45) is 3.40. The van der Waals surface area contributed by atoms with Crippen molar-refractivity contribution < 1.29 is 9.32 Å². The lowest BCUT2D eigenvalue weighted by Gasteiger charge is -2.37. The van der Waals surface area contributed by atoms with E-state index in [0.29, 0.717) is 30.6 Å². The first kappa shape index (κ1) is 15.5. The molecule has 0 radical (unpaired) electrons. The molecule has 0 unspecified atom stereocenters. The SMILES string of the molecule is Cc1cc(N(C)C2CCN(C(=O)c3cc(C)on3)CC2)ncn1. The Morgan fingerprint density at radius 1 is 1.26 bits per heavy atom. The number of nitrogens with zero attached hydrogens (tertiary/aromatic N) is 5. The highest BCUT2D eigenvalue weighted by Gasteiger charge is 2.27. The molecule has 1 aliphatic rings. The lowest BCUT2D eigenvalue weighted by molar-refractivity contribution is 0.0702. The molecule has 0 saturated carbocycles. The number of anilines is 1. The van der Waals surface area contributed by atoms with Gasteiger partial charge in [-0.25, -0.2) is 9.97 Å². The van der Waals surface area contributed by atoms with E-state index in [0.717, 1.165) is 24.4 Å². The molecule has 1 aliphatic heterocycles. The third-order valence-corrected chi connectivity index (χ3v) is 4.30. The van der Waals surface area contributed by atoms with Crippen LogP contribution in [-0.4, -0.2) is 52.1 Å². The highest BCUT2D eigenvalue weighted by molar-refractivity contribution is 5.92. The summed E-state index contributed by atoms with van der Waals surface area (Å²) in [6.45, 7) is 5.17. The van der Waals surface area contributed by atoms with Crippen molar-refractivity contribution >= 4 is 11.7 Å². The van der Waals surface area contributed by atoms with Crippen LogP contribution in [0.3, 0.4) is 0 Å². The Hall–Kier alpha value is -2.44. The van der Waals surface area contributed by atoms with E-state index in [9.17, 15) is 4.79 Å². The van der Waals surface area contributed by atoms with Crippen molar-refractivity contribution in [2.75, 3.05) is 25.0 Å². The fraction of sp³-hybridized carbons (Fsp3) is 0.500. The Balaban J connectivity index is 1.61. The van der Waals surface area contributed by atoms with Gasteiger partial charge >= 0.3 is 0 Å². The third kappa shape index (κ3) is 3.33. The Labute approximate surface area is 135 Å². The van der Waals surface area contributed by atoms with Gasteiger partial charge in [-0.15, -0.1) is 0 Å². The van der Waals surface area contributed by atoms with Crippen LogP contribution in [0, 0.1) is 13.8 Å². The summed E-state index contributed by atoms with van der Waals surface area (Å²) in [5, 5.41) is 3.81. The van der Waals surface area contributed by atoms with Gasteiger partial charge in [0.15, 0.2) is 5.69 Å². The Kier molecular flexibility index (Phi) is 4.27. The molecule has 0 bridgehead atoms. The molecule has 3 heterocycles. The average molecular weight is 315 g/mol. The van der Waals surface area contributed by atoms with Gasteiger partial charge < -0.3 is 14.3 Å². The molecule has 0 atom stereocenters. The molecule has 1 saturated heterocycles. The quantitative estimate of drug-likeness (QED) is 0.860. The van der Waals surface area contributed by atoms with Crippen LogP contribution in [-0.2, 0) is 0 Å². The van der Waals surface area contributed by atoms with Gasteiger partial charge in [0, 0.05) is 44.0 Å². The monoisotopic (exact) mass is 315 g/mol. The topological polar surface area (TPSA) is 75.4 Å². The number of amides is 1. The van der Waals surface area contributed by atoms with Crippen LogP contribution in [0.5, 0.6) is 0 Å². The predicted octanol–water partition coefficient (Wildman–Crippen LogP) is 1.82. The standard InChI is InChI=1S/C16H21N5O2/c1-11-8-15(18-10-17-11)20(3)13-4-6-21(7-5-13)16(22)14-9-12(2)23-19-14/h8-10,13H,4-7H2,1-3H3. The summed E-state index contributed by atoms with van der Waals surface area (Å²) >= 11 is 0. The maximum Gasteiger partial charge on any atom is 0.276 e. The van der Waals surface area contributed by atoms with Crippen LogP contribution < -0.4 is 4.90 Å². The second-order valence-corrected chi connectivity index (χ2v) is 5.97. The van der Waals surface area contributed by atoms with Gasteiger partial charge in [-0.2, -0.15) is 0 Å². The Morgan fingerprint density at radius 3 is 2.61 bits per heavy atom. The number of carbonyl (C=O) groups is 1. The van der Waals surface area contributed by atoms with Crippen molar-refractivity contribution in [1.29, 1.82) is 0 Å². The molecule has 0 N–H and O–H groups in total. The molecule has 23 heavy (non-hydrogen) atoms. The molecule has 0 aliphatic carbocycles. The summed E-state index contributed by atoms with van der Waals surface area (Å²) in [6, 6.07) is 4.03. The highest BCUT2D eigenvalue weighted by Crippen LogP contribution is 2.21. The van der Waals surface area contributed by atoms with Gasteiger partial charge in [-0.1, -0.05) is 5.16 Å². The number of hydrogen-bond acceptors (Lipinski definition) is 6. The maximum atomic E-state index is 12.4. The minimum atomic E-state index is -0.0548. The van der Waals surface area contributed by atoms with Crippen LogP contribution >= 0.6 is 0 Å². The van der Waals surface area contributed by atoms with Gasteiger partial charge in [-0.3, -0.25) is 4.79 Å². The van der Waals surface area contributed by atoms with Gasteiger partial charge in [0.2, 0.25) is 0 Å². The van der Waals surface area contributed by atoms with Gasteiger partial charge in [0.25, 0.3) is 5.91 Å². The predicted molar refractivity (Wildman–Crippen MR) is 85.3 cm³/mol. The minimum Gasteiger partial charge on any atom is -0.361 e. The molecule has 1 amide bonds. The van der Waals surface area contributed by atoms with E-state index in [1.165, 1.54) is 0 Å². The summed E-state index contributed by atoms with van der Waals surface area (Å²) in [5.41, 5.74) is 1.34. The van der Waals surface area contributed by atoms with Crippen LogP contribution in [0.15, 0.2) is 23.0 Å². The molecule has 2 aromatic rings.